The lowest BCUT2D eigenvalue weighted by Crippen LogP contribution is -2.41. The minimum absolute atomic E-state index is 0.0181. The third-order valence-corrected chi connectivity index (χ3v) is 5.47. The van der Waals surface area contributed by atoms with Gasteiger partial charge in [0.25, 0.3) is 0 Å². The van der Waals surface area contributed by atoms with Crippen LogP contribution in [0.2, 0.25) is 0 Å². The smallest absolute Gasteiger partial charge is 0.305 e. The number of hydrogen-bond donors (Lipinski definition) is 3. The number of esters is 1. The zero-order valence-electron chi connectivity index (χ0n) is 17.7. The monoisotopic (exact) mass is 402 g/mol. The molecule has 166 valence electrons. The standard InChI is InChI=1S/C22H42O6/c1-2-3-4-5-6-7-8-9-10-11-12-13-14-15-20(25)27-17-19(24)22-21(26)18(23)16-28-22/h18-19,21-24,26H,2-17H2,1H3/t18-,19-,21-,22-/m1/s1. The molecule has 1 rings (SSSR count). The highest BCUT2D eigenvalue weighted by Gasteiger charge is 2.39. The van der Waals surface area contributed by atoms with Crippen molar-refractivity contribution in [2.45, 2.75) is 121 Å². The molecule has 0 aromatic carbocycles. The van der Waals surface area contributed by atoms with Gasteiger partial charge < -0.3 is 24.8 Å². The van der Waals surface area contributed by atoms with E-state index < -0.39 is 24.4 Å². The van der Waals surface area contributed by atoms with Crippen LogP contribution in [0.3, 0.4) is 0 Å². The summed E-state index contributed by atoms with van der Waals surface area (Å²) in [5, 5.41) is 28.9. The molecule has 0 saturated carbocycles. The number of unbranched alkanes of at least 4 members (excludes halogenated alkanes) is 12. The molecular weight excluding hydrogens is 360 g/mol. The van der Waals surface area contributed by atoms with Crippen LogP contribution in [0.5, 0.6) is 0 Å². The first-order valence-electron chi connectivity index (χ1n) is 11.4. The highest BCUT2D eigenvalue weighted by Crippen LogP contribution is 2.18. The van der Waals surface area contributed by atoms with Crippen LogP contribution in [-0.4, -0.2) is 58.9 Å². The van der Waals surface area contributed by atoms with Gasteiger partial charge >= 0.3 is 5.97 Å². The molecule has 28 heavy (non-hydrogen) atoms. The average molecular weight is 403 g/mol. The maximum atomic E-state index is 11.7. The summed E-state index contributed by atoms with van der Waals surface area (Å²) < 4.78 is 10.2. The van der Waals surface area contributed by atoms with E-state index in [0.29, 0.717) is 6.42 Å². The Balaban J connectivity index is 1.86. The SMILES string of the molecule is CCCCCCCCCCCCCCCC(=O)OC[C@@H](O)[C@H]1OC[C@@H](O)[C@H]1O. The van der Waals surface area contributed by atoms with E-state index in [-0.39, 0.29) is 19.2 Å². The minimum atomic E-state index is -1.14. The van der Waals surface area contributed by atoms with Crippen molar-refractivity contribution < 1.29 is 29.6 Å². The number of hydrogen-bond acceptors (Lipinski definition) is 6. The van der Waals surface area contributed by atoms with E-state index in [0.717, 1.165) is 19.3 Å². The molecular formula is C22H42O6. The van der Waals surface area contributed by atoms with Crippen molar-refractivity contribution in [3.63, 3.8) is 0 Å². The molecule has 0 aromatic rings. The van der Waals surface area contributed by atoms with E-state index in [9.17, 15) is 20.1 Å². The van der Waals surface area contributed by atoms with Gasteiger partial charge in [-0.2, -0.15) is 0 Å². The van der Waals surface area contributed by atoms with E-state index in [1.165, 1.54) is 64.2 Å². The quantitative estimate of drug-likeness (QED) is 0.255. The van der Waals surface area contributed by atoms with Crippen molar-refractivity contribution in [2.75, 3.05) is 13.2 Å². The van der Waals surface area contributed by atoms with Crippen LogP contribution in [0.15, 0.2) is 0 Å². The van der Waals surface area contributed by atoms with Gasteiger partial charge in [-0.1, -0.05) is 84.0 Å². The maximum Gasteiger partial charge on any atom is 0.305 e. The molecule has 0 radical (unpaired) electrons. The predicted molar refractivity (Wildman–Crippen MR) is 109 cm³/mol. The Labute approximate surface area is 170 Å². The van der Waals surface area contributed by atoms with Crippen LogP contribution in [0, 0.1) is 0 Å². The van der Waals surface area contributed by atoms with Crippen LogP contribution < -0.4 is 0 Å². The van der Waals surface area contributed by atoms with Crippen LogP contribution in [-0.2, 0) is 14.3 Å². The van der Waals surface area contributed by atoms with Gasteiger partial charge in [0.05, 0.1) is 6.61 Å². The molecule has 1 aliphatic heterocycles. The van der Waals surface area contributed by atoms with Crippen LogP contribution in [0.4, 0.5) is 0 Å². The molecule has 6 nitrogen and oxygen atoms in total. The molecule has 6 heteroatoms. The molecule has 1 heterocycles. The summed E-state index contributed by atoms with van der Waals surface area (Å²) in [6.07, 6.45) is 12.5. The molecule has 0 aromatic heterocycles. The van der Waals surface area contributed by atoms with Gasteiger partial charge in [-0.05, 0) is 6.42 Å². The van der Waals surface area contributed by atoms with E-state index in [1.54, 1.807) is 0 Å². The lowest BCUT2D eigenvalue weighted by molar-refractivity contribution is -0.151. The van der Waals surface area contributed by atoms with E-state index >= 15 is 0 Å². The molecule has 1 saturated heterocycles. The van der Waals surface area contributed by atoms with Crippen LogP contribution in [0.25, 0.3) is 0 Å². The minimum Gasteiger partial charge on any atom is -0.463 e. The molecule has 4 atom stereocenters. The molecule has 0 bridgehead atoms. The molecule has 0 spiro atoms. The zero-order valence-corrected chi connectivity index (χ0v) is 17.7. The topological polar surface area (TPSA) is 96.2 Å². The summed E-state index contributed by atoms with van der Waals surface area (Å²) in [5.74, 6) is -0.338. The Bertz CT molecular complexity index is 389. The van der Waals surface area contributed by atoms with E-state index in [4.69, 9.17) is 9.47 Å². The second kappa shape index (κ2) is 16.1. The van der Waals surface area contributed by atoms with Gasteiger partial charge in [0.2, 0.25) is 0 Å². The van der Waals surface area contributed by atoms with Gasteiger partial charge in [-0.25, -0.2) is 0 Å². The molecule has 1 aliphatic rings. The van der Waals surface area contributed by atoms with Crippen molar-refractivity contribution in [2.24, 2.45) is 0 Å². The van der Waals surface area contributed by atoms with Gasteiger partial charge in [-0.15, -0.1) is 0 Å². The fourth-order valence-corrected chi connectivity index (χ4v) is 3.60. The molecule has 0 unspecified atom stereocenters. The largest absolute Gasteiger partial charge is 0.463 e. The fourth-order valence-electron chi connectivity index (χ4n) is 3.60. The Hall–Kier alpha value is -0.690. The third kappa shape index (κ3) is 11.3. The summed E-state index contributed by atoms with van der Waals surface area (Å²) in [6, 6.07) is 0. The molecule has 0 amide bonds. The number of aliphatic hydroxyl groups excluding tert-OH is 3. The number of carbonyl (C=O) groups excluding carboxylic acids is 1. The Kier molecular flexibility index (Phi) is 14.6. The normalized spacial score (nSPS) is 23.1. The lowest BCUT2D eigenvalue weighted by atomic mass is 10.0. The van der Waals surface area contributed by atoms with Crippen molar-refractivity contribution in [1.82, 2.24) is 0 Å². The van der Waals surface area contributed by atoms with Crippen molar-refractivity contribution in [3.05, 3.63) is 0 Å². The van der Waals surface area contributed by atoms with Gasteiger partial charge in [0.1, 0.15) is 31.0 Å². The first-order chi connectivity index (χ1) is 13.6. The summed E-state index contributed by atoms with van der Waals surface area (Å²) in [6.45, 7) is 2.01. The van der Waals surface area contributed by atoms with Gasteiger partial charge in [-0.3, -0.25) is 4.79 Å². The summed E-state index contributed by atoms with van der Waals surface area (Å²) >= 11 is 0. The molecule has 3 N–H and O–H groups in total. The van der Waals surface area contributed by atoms with Crippen LogP contribution >= 0.6 is 0 Å². The number of rotatable bonds is 17. The average Bonchev–Trinajstić information content (AvgIpc) is 3.02. The Morgan fingerprint density at radius 3 is 1.89 bits per heavy atom. The van der Waals surface area contributed by atoms with Crippen molar-refractivity contribution in [1.29, 1.82) is 0 Å². The molecule has 1 fully saturated rings. The van der Waals surface area contributed by atoms with Gasteiger partial charge in [0.15, 0.2) is 0 Å². The second-order valence-corrected chi connectivity index (χ2v) is 8.10. The lowest BCUT2D eigenvalue weighted by Gasteiger charge is -2.20. The fraction of sp³-hybridized carbons (Fsp3) is 0.955. The first kappa shape index (κ1) is 25.3. The van der Waals surface area contributed by atoms with Gasteiger partial charge in [0, 0.05) is 6.42 Å². The second-order valence-electron chi connectivity index (χ2n) is 8.10. The van der Waals surface area contributed by atoms with E-state index in [1.807, 2.05) is 0 Å². The highest BCUT2D eigenvalue weighted by molar-refractivity contribution is 5.69. The summed E-state index contributed by atoms with van der Waals surface area (Å²) in [5.41, 5.74) is 0. The van der Waals surface area contributed by atoms with Crippen molar-refractivity contribution in [3.8, 4) is 0 Å². The predicted octanol–water partition coefficient (Wildman–Crippen LogP) is 3.49. The molecule has 0 aliphatic carbocycles. The Morgan fingerprint density at radius 1 is 0.929 bits per heavy atom. The third-order valence-electron chi connectivity index (χ3n) is 5.47. The Morgan fingerprint density at radius 2 is 1.43 bits per heavy atom. The number of aliphatic hydroxyl groups is 3. The number of carbonyl (C=O) groups is 1. The number of ether oxygens (including phenoxy) is 2. The van der Waals surface area contributed by atoms with Crippen molar-refractivity contribution >= 4 is 5.97 Å². The van der Waals surface area contributed by atoms with E-state index in [2.05, 4.69) is 6.92 Å². The first-order valence-corrected chi connectivity index (χ1v) is 11.4. The summed E-state index contributed by atoms with van der Waals surface area (Å²) in [4.78, 5) is 11.7. The van der Waals surface area contributed by atoms with Crippen LogP contribution in [0.1, 0.15) is 96.8 Å². The zero-order chi connectivity index (χ0) is 20.6. The highest BCUT2D eigenvalue weighted by atomic mass is 16.6. The maximum absolute atomic E-state index is 11.7. The summed E-state index contributed by atoms with van der Waals surface area (Å²) in [7, 11) is 0.